The second-order valence-electron chi connectivity index (χ2n) is 6.15. The fourth-order valence-electron chi connectivity index (χ4n) is 3.42. The molecule has 0 aliphatic carbocycles. The maximum absolute atomic E-state index is 11.2. The summed E-state index contributed by atoms with van der Waals surface area (Å²) in [6.45, 7) is 5.59. The molecule has 5 heteroatoms. The van der Waals surface area contributed by atoms with Gasteiger partial charge in [-0.15, -0.1) is 0 Å². The summed E-state index contributed by atoms with van der Waals surface area (Å²) in [5, 5.41) is 2.33. The third-order valence-electron chi connectivity index (χ3n) is 4.53. The molecule has 2 heterocycles. The van der Waals surface area contributed by atoms with Crippen LogP contribution in [0.3, 0.4) is 0 Å². The molecule has 0 spiro atoms. The molecule has 0 radical (unpaired) electrons. The van der Waals surface area contributed by atoms with Crippen LogP contribution < -0.4 is 5.69 Å². The van der Waals surface area contributed by atoms with Gasteiger partial charge in [-0.2, -0.15) is 10.1 Å². The highest BCUT2D eigenvalue weighted by molar-refractivity contribution is 4.95. The Hall–Kier alpha value is -1.10. The van der Waals surface area contributed by atoms with E-state index < -0.39 is 0 Å². The second-order valence-corrected chi connectivity index (χ2v) is 6.15. The minimum atomic E-state index is -0.368. The van der Waals surface area contributed by atoms with Crippen molar-refractivity contribution in [3.8, 4) is 0 Å². The van der Waals surface area contributed by atoms with Crippen molar-refractivity contribution in [2.75, 3.05) is 6.54 Å². The fourth-order valence-corrected chi connectivity index (χ4v) is 3.42. The minimum Gasteiger partial charge on any atom is -0.360 e. The average Bonchev–Trinajstić information content (AvgIpc) is 3.11. The highest BCUT2D eigenvalue weighted by atomic mass is 16.5. The van der Waals surface area contributed by atoms with Gasteiger partial charge in [0, 0.05) is 6.04 Å². The Balaban J connectivity index is 2.03. The lowest BCUT2D eigenvalue weighted by atomic mass is 10.0. The summed E-state index contributed by atoms with van der Waals surface area (Å²) in [7, 11) is 0. The number of hydrogen-bond acceptors (Lipinski definition) is 4. The first-order valence-electron chi connectivity index (χ1n) is 8.57. The molecule has 1 fully saturated rings. The highest BCUT2D eigenvalue weighted by Gasteiger charge is 2.34. The zero-order valence-corrected chi connectivity index (χ0v) is 13.4. The Morgan fingerprint density at radius 3 is 2.71 bits per heavy atom. The fraction of sp³-hybridized carbons (Fsp3) is 0.875. The number of nitrogens with zero attached hydrogens (tertiary/aromatic N) is 2. The van der Waals surface area contributed by atoms with Crippen molar-refractivity contribution in [2.24, 2.45) is 0 Å². The van der Waals surface area contributed by atoms with Crippen molar-refractivity contribution >= 4 is 0 Å². The number of rotatable bonds is 9. The van der Waals surface area contributed by atoms with E-state index in [0.717, 1.165) is 19.4 Å². The molecule has 1 aromatic heterocycles. The summed E-state index contributed by atoms with van der Waals surface area (Å²) in [5.74, 6) is 0.578. The van der Waals surface area contributed by atoms with Gasteiger partial charge in [-0.1, -0.05) is 46.0 Å². The first kappa shape index (κ1) is 16.3. The molecule has 1 aliphatic rings. The molecular weight excluding hydrogens is 266 g/mol. The largest absolute Gasteiger partial charge is 0.377 e. The Morgan fingerprint density at radius 1 is 1.29 bits per heavy atom. The molecule has 5 nitrogen and oxygen atoms in total. The smallest absolute Gasteiger partial charge is 0.360 e. The van der Waals surface area contributed by atoms with Gasteiger partial charge in [-0.3, -0.25) is 4.90 Å². The van der Waals surface area contributed by atoms with Crippen LogP contribution >= 0.6 is 0 Å². The van der Waals surface area contributed by atoms with E-state index in [1.165, 1.54) is 44.9 Å². The number of likely N-dealkylation sites (tertiary alicyclic amines) is 1. The van der Waals surface area contributed by atoms with Gasteiger partial charge < -0.3 is 4.52 Å². The van der Waals surface area contributed by atoms with Crippen molar-refractivity contribution in [1.82, 2.24) is 15.0 Å². The molecule has 2 rings (SSSR count). The zero-order chi connectivity index (χ0) is 15.1. The van der Waals surface area contributed by atoms with E-state index in [1.54, 1.807) is 0 Å². The van der Waals surface area contributed by atoms with Crippen LogP contribution in [0.4, 0.5) is 0 Å². The first-order valence-corrected chi connectivity index (χ1v) is 8.57. The number of aromatic amines is 1. The quantitative estimate of drug-likeness (QED) is 0.706. The maximum Gasteiger partial charge on any atom is 0.377 e. The number of unbranched alkanes of at least 4 members (excludes halogenated alkanes) is 3. The third-order valence-corrected chi connectivity index (χ3v) is 4.53. The van der Waals surface area contributed by atoms with E-state index in [4.69, 9.17) is 4.52 Å². The van der Waals surface area contributed by atoms with Gasteiger partial charge in [0.1, 0.15) is 0 Å². The van der Waals surface area contributed by atoms with E-state index in [2.05, 4.69) is 28.9 Å². The van der Waals surface area contributed by atoms with Gasteiger partial charge in [-0.25, -0.2) is 4.79 Å². The topological polar surface area (TPSA) is 62.1 Å². The third kappa shape index (κ3) is 4.43. The molecule has 0 saturated carbocycles. The standard InChI is InChI=1S/C16H29N3O2/c1-3-5-7-10-13(9-6-4-2)19-12-8-11-14(19)15-17-16(20)18-21-15/h13-14H,3-12H2,1-2H3,(H,18,20)/t13?,14-/m0/s1. The normalized spacial score (nSPS) is 21.0. The van der Waals surface area contributed by atoms with Crippen LogP contribution in [0.25, 0.3) is 0 Å². The van der Waals surface area contributed by atoms with E-state index in [1.807, 2.05) is 0 Å². The van der Waals surface area contributed by atoms with Gasteiger partial charge in [0.15, 0.2) is 0 Å². The number of hydrogen-bond donors (Lipinski definition) is 1. The second kappa shape index (κ2) is 8.37. The van der Waals surface area contributed by atoms with Gasteiger partial charge >= 0.3 is 5.69 Å². The van der Waals surface area contributed by atoms with Gasteiger partial charge in [0.2, 0.25) is 5.89 Å². The Bertz CT molecular complexity index is 454. The molecule has 120 valence electrons. The summed E-state index contributed by atoms with van der Waals surface area (Å²) < 4.78 is 5.27. The lowest BCUT2D eigenvalue weighted by molar-refractivity contribution is 0.132. The Morgan fingerprint density at radius 2 is 2.05 bits per heavy atom. The van der Waals surface area contributed by atoms with Crippen LogP contribution in [0, 0.1) is 0 Å². The van der Waals surface area contributed by atoms with Gasteiger partial charge in [-0.05, 0) is 32.2 Å². The summed E-state index contributed by atoms with van der Waals surface area (Å²) in [4.78, 5) is 17.7. The van der Waals surface area contributed by atoms with E-state index in [0.29, 0.717) is 11.9 Å². The zero-order valence-electron chi connectivity index (χ0n) is 13.4. The van der Waals surface area contributed by atoms with Crippen LogP contribution in [0.5, 0.6) is 0 Å². The first-order chi connectivity index (χ1) is 10.3. The average molecular weight is 295 g/mol. The predicted molar refractivity (Wildman–Crippen MR) is 83.3 cm³/mol. The van der Waals surface area contributed by atoms with Crippen molar-refractivity contribution in [2.45, 2.75) is 83.7 Å². The number of aromatic nitrogens is 2. The molecule has 1 aromatic rings. The van der Waals surface area contributed by atoms with Crippen LogP contribution in [-0.2, 0) is 0 Å². The summed E-state index contributed by atoms with van der Waals surface area (Å²) in [6.07, 6.45) is 11.1. The minimum absolute atomic E-state index is 0.187. The molecule has 0 aromatic carbocycles. The summed E-state index contributed by atoms with van der Waals surface area (Å²) >= 11 is 0. The molecule has 1 saturated heterocycles. The molecule has 1 unspecified atom stereocenters. The molecule has 1 N–H and O–H groups in total. The molecule has 0 amide bonds. The van der Waals surface area contributed by atoms with Crippen LogP contribution in [0.2, 0.25) is 0 Å². The van der Waals surface area contributed by atoms with E-state index in [-0.39, 0.29) is 11.7 Å². The van der Waals surface area contributed by atoms with Crippen molar-refractivity contribution in [3.63, 3.8) is 0 Å². The monoisotopic (exact) mass is 295 g/mol. The Labute approximate surface area is 127 Å². The number of H-pyrrole nitrogens is 1. The van der Waals surface area contributed by atoms with E-state index in [9.17, 15) is 4.79 Å². The Kier molecular flexibility index (Phi) is 6.49. The maximum atomic E-state index is 11.2. The molecule has 0 bridgehead atoms. The van der Waals surface area contributed by atoms with E-state index >= 15 is 0 Å². The highest BCUT2D eigenvalue weighted by Crippen LogP contribution is 2.34. The summed E-state index contributed by atoms with van der Waals surface area (Å²) in [6, 6.07) is 0.790. The van der Waals surface area contributed by atoms with Crippen LogP contribution in [-0.4, -0.2) is 27.6 Å². The lowest BCUT2D eigenvalue weighted by Crippen LogP contribution is -2.35. The SMILES string of the molecule is CCCCCC(CCCC)N1CCC[C@H]1c1nc(=O)[nH]o1. The van der Waals surface area contributed by atoms with Crippen LogP contribution in [0.15, 0.2) is 9.32 Å². The van der Waals surface area contributed by atoms with Crippen molar-refractivity contribution in [1.29, 1.82) is 0 Å². The van der Waals surface area contributed by atoms with Gasteiger partial charge in [0.25, 0.3) is 0 Å². The van der Waals surface area contributed by atoms with Crippen molar-refractivity contribution < 1.29 is 4.52 Å². The molecule has 21 heavy (non-hydrogen) atoms. The number of nitrogens with one attached hydrogen (secondary N) is 1. The molecular formula is C16H29N3O2. The van der Waals surface area contributed by atoms with Crippen molar-refractivity contribution in [3.05, 3.63) is 16.4 Å². The molecule has 1 aliphatic heterocycles. The van der Waals surface area contributed by atoms with Crippen LogP contribution in [0.1, 0.15) is 83.6 Å². The van der Waals surface area contributed by atoms with Gasteiger partial charge in [0.05, 0.1) is 6.04 Å². The summed E-state index contributed by atoms with van der Waals surface area (Å²) in [5.41, 5.74) is -0.368. The predicted octanol–water partition coefficient (Wildman–Crippen LogP) is 3.64. The molecule has 2 atom stereocenters. The lowest BCUT2D eigenvalue weighted by Gasteiger charge is -2.31.